The Morgan fingerprint density at radius 1 is 1.32 bits per heavy atom. The Balaban J connectivity index is 1.65. The summed E-state index contributed by atoms with van der Waals surface area (Å²) in [6, 6.07) is 7.12. The highest BCUT2D eigenvalue weighted by atomic mass is 16.5. The van der Waals surface area contributed by atoms with Gasteiger partial charge in [0.1, 0.15) is 5.75 Å². The standard InChI is InChI=1S/C13H17N3O3/c14-9-2-1-3-11(6-9)19-8-13(18)15-7-12(17)16-10-4-5-10/h1-3,6,10H,4-5,7-8,14H2,(H,15,18)(H,16,17). The molecule has 1 aliphatic rings. The van der Waals surface area contributed by atoms with Crippen LogP contribution >= 0.6 is 0 Å². The average Bonchev–Trinajstić information content (AvgIpc) is 3.18. The smallest absolute Gasteiger partial charge is 0.258 e. The molecular weight excluding hydrogens is 246 g/mol. The topological polar surface area (TPSA) is 93.4 Å². The first kappa shape index (κ1) is 13.2. The normalized spacial score (nSPS) is 13.7. The summed E-state index contributed by atoms with van der Waals surface area (Å²) in [6.45, 7) is -0.157. The third-order valence-corrected chi connectivity index (χ3v) is 2.62. The van der Waals surface area contributed by atoms with Gasteiger partial charge in [-0.15, -0.1) is 0 Å². The number of carbonyl (C=O) groups is 2. The molecule has 2 rings (SSSR count). The van der Waals surface area contributed by atoms with Crippen molar-refractivity contribution in [2.45, 2.75) is 18.9 Å². The number of hydrogen-bond acceptors (Lipinski definition) is 4. The van der Waals surface area contributed by atoms with Crippen LogP contribution in [0.15, 0.2) is 24.3 Å². The minimum atomic E-state index is -0.339. The Bertz CT molecular complexity index is 472. The predicted octanol–water partition coefficient (Wildman–Crippen LogP) is 0.0424. The van der Waals surface area contributed by atoms with Crippen LogP contribution < -0.4 is 21.1 Å². The molecule has 1 aliphatic carbocycles. The lowest BCUT2D eigenvalue weighted by molar-refractivity contribution is -0.127. The van der Waals surface area contributed by atoms with E-state index in [0.29, 0.717) is 17.5 Å². The van der Waals surface area contributed by atoms with Gasteiger partial charge in [0.2, 0.25) is 5.91 Å². The largest absolute Gasteiger partial charge is 0.484 e. The summed E-state index contributed by atoms with van der Waals surface area (Å²) in [7, 11) is 0. The highest BCUT2D eigenvalue weighted by Gasteiger charge is 2.23. The van der Waals surface area contributed by atoms with E-state index in [1.165, 1.54) is 0 Å². The van der Waals surface area contributed by atoms with Gasteiger partial charge in [-0.3, -0.25) is 9.59 Å². The van der Waals surface area contributed by atoms with Gasteiger partial charge in [0.15, 0.2) is 6.61 Å². The van der Waals surface area contributed by atoms with Crippen LogP contribution in [-0.2, 0) is 9.59 Å². The number of nitrogens with two attached hydrogens (primary N) is 1. The highest BCUT2D eigenvalue weighted by Crippen LogP contribution is 2.18. The van der Waals surface area contributed by atoms with Crippen molar-refractivity contribution in [2.75, 3.05) is 18.9 Å². The fraction of sp³-hybridized carbons (Fsp3) is 0.385. The number of rotatable bonds is 6. The van der Waals surface area contributed by atoms with Gasteiger partial charge in [0.05, 0.1) is 6.54 Å². The molecule has 0 bridgehead atoms. The van der Waals surface area contributed by atoms with Crippen LogP contribution in [0.3, 0.4) is 0 Å². The van der Waals surface area contributed by atoms with Gasteiger partial charge in [-0.1, -0.05) is 6.07 Å². The number of nitrogens with one attached hydrogen (secondary N) is 2. The van der Waals surface area contributed by atoms with Crippen LogP contribution in [0.25, 0.3) is 0 Å². The molecule has 0 heterocycles. The molecule has 2 amide bonds. The zero-order chi connectivity index (χ0) is 13.7. The van der Waals surface area contributed by atoms with E-state index in [-0.39, 0.29) is 25.0 Å². The summed E-state index contributed by atoms with van der Waals surface area (Å²) in [4.78, 5) is 22.8. The van der Waals surface area contributed by atoms with Crippen LogP contribution in [0.1, 0.15) is 12.8 Å². The maximum absolute atomic E-state index is 11.5. The monoisotopic (exact) mass is 263 g/mol. The Labute approximate surface area is 111 Å². The Morgan fingerprint density at radius 2 is 2.11 bits per heavy atom. The lowest BCUT2D eigenvalue weighted by atomic mass is 10.3. The van der Waals surface area contributed by atoms with Crippen LogP contribution in [0.5, 0.6) is 5.75 Å². The molecule has 0 aromatic heterocycles. The van der Waals surface area contributed by atoms with Crippen LogP contribution in [0.2, 0.25) is 0 Å². The summed E-state index contributed by atoms with van der Waals surface area (Å²) in [6.07, 6.45) is 2.05. The molecule has 0 aliphatic heterocycles. The molecule has 1 aromatic carbocycles. The molecule has 0 spiro atoms. The Kier molecular flexibility index (Phi) is 4.22. The van der Waals surface area contributed by atoms with Gasteiger partial charge in [0, 0.05) is 17.8 Å². The fourth-order valence-electron chi connectivity index (χ4n) is 1.49. The van der Waals surface area contributed by atoms with Gasteiger partial charge in [-0.25, -0.2) is 0 Å². The van der Waals surface area contributed by atoms with Crippen molar-refractivity contribution in [3.63, 3.8) is 0 Å². The van der Waals surface area contributed by atoms with Gasteiger partial charge in [-0.2, -0.15) is 0 Å². The SMILES string of the molecule is Nc1cccc(OCC(=O)NCC(=O)NC2CC2)c1. The molecule has 1 saturated carbocycles. The first-order valence-electron chi connectivity index (χ1n) is 6.18. The quantitative estimate of drug-likeness (QED) is 0.632. The third-order valence-electron chi connectivity index (χ3n) is 2.62. The minimum absolute atomic E-state index is 0.0182. The first-order valence-corrected chi connectivity index (χ1v) is 6.18. The number of ether oxygens (including phenoxy) is 1. The molecule has 0 atom stereocenters. The van der Waals surface area contributed by atoms with Crippen molar-refractivity contribution >= 4 is 17.5 Å². The molecule has 0 unspecified atom stereocenters. The predicted molar refractivity (Wildman–Crippen MR) is 70.5 cm³/mol. The van der Waals surface area contributed by atoms with E-state index < -0.39 is 0 Å². The first-order chi connectivity index (χ1) is 9.13. The number of carbonyl (C=O) groups excluding carboxylic acids is 2. The molecule has 1 fully saturated rings. The van der Waals surface area contributed by atoms with Crippen molar-refractivity contribution in [3.05, 3.63) is 24.3 Å². The summed E-state index contributed by atoms with van der Waals surface area (Å²) in [5, 5.41) is 5.27. The second-order valence-corrected chi connectivity index (χ2v) is 4.48. The number of benzene rings is 1. The zero-order valence-electron chi connectivity index (χ0n) is 10.5. The second kappa shape index (κ2) is 6.08. The molecular formula is C13H17N3O3. The van der Waals surface area contributed by atoms with Crippen LogP contribution in [-0.4, -0.2) is 31.0 Å². The molecule has 102 valence electrons. The van der Waals surface area contributed by atoms with E-state index in [1.807, 2.05) is 0 Å². The van der Waals surface area contributed by atoms with E-state index in [0.717, 1.165) is 12.8 Å². The lowest BCUT2D eigenvalue weighted by Crippen LogP contribution is -2.39. The number of nitrogen functional groups attached to an aromatic ring is 1. The molecule has 19 heavy (non-hydrogen) atoms. The van der Waals surface area contributed by atoms with Crippen LogP contribution in [0.4, 0.5) is 5.69 Å². The molecule has 6 heteroatoms. The highest BCUT2D eigenvalue weighted by molar-refractivity contribution is 5.85. The zero-order valence-corrected chi connectivity index (χ0v) is 10.5. The maximum atomic E-state index is 11.5. The molecule has 1 aromatic rings. The van der Waals surface area contributed by atoms with Crippen molar-refractivity contribution in [1.29, 1.82) is 0 Å². The number of anilines is 1. The summed E-state index contributed by atoms with van der Waals surface area (Å²) >= 11 is 0. The van der Waals surface area contributed by atoms with Crippen molar-refractivity contribution in [1.82, 2.24) is 10.6 Å². The Hall–Kier alpha value is -2.24. The van der Waals surface area contributed by atoms with Gasteiger partial charge >= 0.3 is 0 Å². The summed E-state index contributed by atoms with van der Waals surface area (Å²) in [5.41, 5.74) is 6.15. The maximum Gasteiger partial charge on any atom is 0.258 e. The van der Waals surface area contributed by atoms with Crippen molar-refractivity contribution in [2.24, 2.45) is 0 Å². The average molecular weight is 263 g/mol. The number of hydrogen-bond donors (Lipinski definition) is 3. The summed E-state index contributed by atoms with van der Waals surface area (Å²) < 4.78 is 5.25. The third kappa shape index (κ3) is 4.87. The minimum Gasteiger partial charge on any atom is -0.484 e. The van der Waals surface area contributed by atoms with E-state index in [4.69, 9.17) is 10.5 Å². The van der Waals surface area contributed by atoms with Crippen LogP contribution in [0, 0.1) is 0 Å². The van der Waals surface area contributed by atoms with E-state index in [9.17, 15) is 9.59 Å². The Morgan fingerprint density at radius 3 is 2.79 bits per heavy atom. The van der Waals surface area contributed by atoms with Gasteiger partial charge in [-0.05, 0) is 25.0 Å². The molecule has 0 saturated heterocycles. The molecule has 4 N–H and O–H groups in total. The number of amides is 2. The molecule has 0 radical (unpaired) electrons. The van der Waals surface area contributed by atoms with E-state index in [1.54, 1.807) is 24.3 Å². The summed E-state index contributed by atoms with van der Waals surface area (Å²) in [5.74, 6) is 0.0192. The fourth-order valence-corrected chi connectivity index (χ4v) is 1.49. The van der Waals surface area contributed by atoms with E-state index in [2.05, 4.69) is 10.6 Å². The van der Waals surface area contributed by atoms with Crippen molar-refractivity contribution < 1.29 is 14.3 Å². The van der Waals surface area contributed by atoms with Crippen molar-refractivity contribution in [3.8, 4) is 5.75 Å². The van der Waals surface area contributed by atoms with Gasteiger partial charge in [0.25, 0.3) is 5.91 Å². The van der Waals surface area contributed by atoms with Gasteiger partial charge < -0.3 is 21.1 Å². The second-order valence-electron chi connectivity index (χ2n) is 4.48. The van der Waals surface area contributed by atoms with E-state index >= 15 is 0 Å². The molecule has 6 nitrogen and oxygen atoms in total. The lowest BCUT2D eigenvalue weighted by Gasteiger charge is -2.08.